The Kier molecular flexibility index (Phi) is 4.10. The molecule has 2 aromatic heterocycles. The topological polar surface area (TPSA) is 64.4 Å². The lowest BCUT2D eigenvalue weighted by Gasteiger charge is -2.08. The van der Waals surface area contributed by atoms with Gasteiger partial charge in [-0.15, -0.1) is 0 Å². The van der Waals surface area contributed by atoms with E-state index in [-0.39, 0.29) is 5.91 Å². The maximum atomic E-state index is 11.9. The first-order chi connectivity index (χ1) is 11.1. The third kappa shape index (κ3) is 3.58. The van der Waals surface area contributed by atoms with Gasteiger partial charge < -0.3 is 14.5 Å². The van der Waals surface area contributed by atoms with E-state index in [0.29, 0.717) is 17.1 Å². The van der Waals surface area contributed by atoms with Crippen LogP contribution in [0.5, 0.6) is 11.6 Å². The minimum atomic E-state index is -0.247. The van der Waals surface area contributed by atoms with Crippen LogP contribution in [0.2, 0.25) is 0 Å². The fourth-order valence-electron chi connectivity index (χ4n) is 2.01. The molecule has 0 radical (unpaired) electrons. The molecule has 0 aliphatic heterocycles. The quantitative estimate of drug-likeness (QED) is 0.779. The van der Waals surface area contributed by atoms with Gasteiger partial charge in [0.15, 0.2) is 0 Å². The summed E-state index contributed by atoms with van der Waals surface area (Å²) >= 11 is 0. The molecule has 5 nitrogen and oxygen atoms in total. The van der Waals surface area contributed by atoms with Crippen LogP contribution in [-0.2, 0) is 0 Å². The second kappa shape index (κ2) is 6.36. The number of nitrogens with one attached hydrogen (secondary N) is 1. The van der Waals surface area contributed by atoms with E-state index in [2.05, 4.69) is 17.2 Å². The van der Waals surface area contributed by atoms with Crippen molar-refractivity contribution in [3.05, 3.63) is 71.8 Å². The Morgan fingerprint density at radius 1 is 1.13 bits per heavy atom. The van der Waals surface area contributed by atoms with Crippen LogP contribution >= 0.6 is 0 Å². The summed E-state index contributed by atoms with van der Waals surface area (Å²) in [6.07, 6.45) is 4.39. The van der Waals surface area contributed by atoms with Gasteiger partial charge in [-0.2, -0.15) is 0 Å². The first-order valence-electron chi connectivity index (χ1n) is 7.16. The highest BCUT2D eigenvalue weighted by molar-refractivity contribution is 6.03. The van der Waals surface area contributed by atoms with E-state index in [1.54, 1.807) is 24.4 Å². The molecule has 1 N–H and O–H groups in total. The van der Waals surface area contributed by atoms with Gasteiger partial charge in [-0.25, -0.2) is 4.98 Å². The second-order valence-corrected chi connectivity index (χ2v) is 5.20. The molecule has 2 heterocycles. The Morgan fingerprint density at radius 3 is 2.65 bits per heavy atom. The van der Waals surface area contributed by atoms with E-state index in [0.717, 1.165) is 11.3 Å². The minimum Gasteiger partial charge on any atom is -0.472 e. The number of hydrogen-bond donors (Lipinski definition) is 1. The standard InChI is InChI=1S/C18H16N2O3/c1-12-3-5-16(9-13(12)2)23-17-6-4-15(10-19-17)20-18(21)14-7-8-22-11-14/h3-11H,1-2H3,(H,20,21). The molecule has 23 heavy (non-hydrogen) atoms. The van der Waals surface area contributed by atoms with Crippen LogP contribution in [0, 0.1) is 13.8 Å². The normalized spacial score (nSPS) is 10.3. The number of aryl methyl sites for hydroxylation is 2. The number of pyridine rings is 1. The number of hydrogen-bond acceptors (Lipinski definition) is 4. The SMILES string of the molecule is Cc1ccc(Oc2ccc(NC(=O)c3ccoc3)cn2)cc1C. The summed E-state index contributed by atoms with van der Waals surface area (Å²) in [4.78, 5) is 16.1. The number of anilines is 1. The van der Waals surface area contributed by atoms with Gasteiger partial charge in [0.05, 0.1) is 23.7 Å². The fraction of sp³-hybridized carbons (Fsp3) is 0.111. The zero-order chi connectivity index (χ0) is 16.2. The lowest BCUT2D eigenvalue weighted by molar-refractivity contribution is 0.102. The van der Waals surface area contributed by atoms with Crippen LogP contribution in [0.15, 0.2) is 59.5 Å². The Balaban J connectivity index is 1.67. The Morgan fingerprint density at radius 2 is 2.00 bits per heavy atom. The number of nitrogens with zero attached hydrogens (tertiary/aromatic N) is 1. The number of rotatable bonds is 4. The maximum Gasteiger partial charge on any atom is 0.258 e. The van der Waals surface area contributed by atoms with Crippen molar-refractivity contribution in [2.24, 2.45) is 0 Å². The summed E-state index contributed by atoms with van der Waals surface area (Å²) in [5, 5.41) is 2.73. The molecular weight excluding hydrogens is 292 g/mol. The van der Waals surface area contributed by atoms with Crippen LogP contribution < -0.4 is 10.1 Å². The predicted octanol–water partition coefficient (Wildman–Crippen LogP) is 4.34. The molecule has 116 valence electrons. The largest absolute Gasteiger partial charge is 0.472 e. The summed E-state index contributed by atoms with van der Waals surface area (Å²) in [6, 6.07) is 10.9. The van der Waals surface area contributed by atoms with Crippen LogP contribution in [0.25, 0.3) is 0 Å². The van der Waals surface area contributed by atoms with Crippen LogP contribution in [-0.4, -0.2) is 10.9 Å². The van der Waals surface area contributed by atoms with E-state index in [1.165, 1.54) is 18.1 Å². The molecule has 1 aromatic carbocycles. The van der Waals surface area contributed by atoms with Crippen LogP contribution in [0.1, 0.15) is 21.5 Å². The summed E-state index contributed by atoms with van der Waals surface area (Å²) < 4.78 is 10.6. The molecule has 0 unspecified atom stereocenters. The molecule has 0 saturated heterocycles. The van der Waals surface area contributed by atoms with E-state index < -0.39 is 0 Å². The Hall–Kier alpha value is -3.08. The second-order valence-electron chi connectivity index (χ2n) is 5.20. The Labute approximate surface area is 133 Å². The highest BCUT2D eigenvalue weighted by atomic mass is 16.5. The lowest BCUT2D eigenvalue weighted by atomic mass is 10.1. The van der Waals surface area contributed by atoms with Crippen molar-refractivity contribution in [2.45, 2.75) is 13.8 Å². The molecule has 3 rings (SSSR count). The molecule has 0 aliphatic rings. The highest BCUT2D eigenvalue weighted by Crippen LogP contribution is 2.23. The zero-order valence-electron chi connectivity index (χ0n) is 12.9. The van der Waals surface area contributed by atoms with Gasteiger partial charge in [0.25, 0.3) is 5.91 Å². The van der Waals surface area contributed by atoms with Crippen molar-refractivity contribution in [1.29, 1.82) is 0 Å². The third-order valence-corrected chi connectivity index (χ3v) is 3.48. The number of aromatic nitrogens is 1. The molecule has 0 atom stereocenters. The molecule has 1 amide bonds. The van der Waals surface area contributed by atoms with Crippen LogP contribution in [0.4, 0.5) is 5.69 Å². The minimum absolute atomic E-state index is 0.247. The molecule has 0 spiro atoms. The first-order valence-corrected chi connectivity index (χ1v) is 7.16. The number of furan rings is 1. The molecule has 0 bridgehead atoms. The van der Waals surface area contributed by atoms with Gasteiger partial charge in [-0.1, -0.05) is 6.07 Å². The van der Waals surface area contributed by atoms with Gasteiger partial charge in [0.1, 0.15) is 12.0 Å². The van der Waals surface area contributed by atoms with Gasteiger partial charge in [-0.05, 0) is 49.2 Å². The molecule has 0 saturated carbocycles. The van der Waals surface area contributed by atoms with Crippen LogP contribution in [0.3, 0.4) is 0 Å². The van der Waals surface area contributed by atoms with Gasteiger partial charge in [0, 0.05) is 6.07 Å². The van der Waals surface area contributed by atoms with E-state index in [4.69, 9.17) is 9.15 Å². The zero-order valence-corrected chi connectivity index (χ0v) is 12.9. The van der Waals surface area contributed by atoms with Crippen molar-refractivity contribution in [3.63, 3.8) is 0 Å². The van der Waals surface area contributed by atoms with Gasteiger partial charge in [0.2, 0.25) is 5.88 Å². The van der Waals surface area contributed by atoms with Crippen molar-refractivity contribution in [2.75, 3.05) is 5.32 Å². The highest BCUT2D eigenvalue weighted by Gasteiger charge is 2.08. The number of benzene rings is 1. The number of ether oxygens (including phenoxy) is 1. The van der Waals surface area contributed by atoms with Crippen molar-refractivity contribution in [1.82, 2.24) is 4.98 Å². The van der Waals surface area contributed by atoms with Gasteiger partial charge in [-0.3, -0.25) is 4.79 Å². The summed E-state index contributed by atoms with van der Waals surface area (Å²) in [5.41, 5.74) is 3.42. The molecule has 0 aliphatic carbocycles. The average molecular weight is 308 g/mol. The molecule has 5 heteroatoms. The van der Waals surface area contributed by atoms with Crippen molar-refractivity contribution >= 4 is 11.6 Å². The summed E-state index contributed by atoms with van der Waals surface area (Å²) in [6.45, 7) is 4.08. The monoisotopic (exact) mass is 308 g/mol. The summed E-state index contributed by atoms with van der Waals surface area (Å²) in [7, 11) is 0. The number of carbonyl (C=O) groups is 1. The van der Waals surface area contributed by atoms with E-state index in [9.17, 15) is 4.79 Å². The maximum absolute atomic E-state index is 11.9. The summed E-state index contributed by atoms with van der Waals surface area (Å²) in [5.74, 6) is 0.953. The van der Waals surface area contributed by atoms with E-state index in [1.807, 2.05) is 25.1 Å². The van der Waals surface area contributed by atoms with E-state index >= 15 is 0 Å². The average Bonchev–Trinajstić information content (AvgIpc) is 3.07. The smallest absolute Gasteiger partial charge is 0.258 e. The fourth-order valence-corrected chi connectivity index (χ4v) is 2.01. The first kappa shape index (κ1) is 14.8. The van der Waals surface area contributed by atoms with Crippen molar-refractivity contribution in [3.8, 4) is 11.6 Å². The number of carbonyl (C=O) groups excluding carboxylic acids is 1. The third-order valence-electron chi connectivity index (χ3n) is 3.48. The Bertz CT molecular complexity index is 809. The predicted molar refractivity (Wildman–Crippen MR) is 86.9 cm³/mol. The molecule has 3 aromatic rings. The van der Waals surface area contributed by atoms with Gasteiger partial charge >= 0.3 is 0 Å². The lowest BCUT2D eigenvalue weighted by Crippen LogP contribution is -2.10. The number of amides is 1. The molecular formula is C18H16N2O3. The molecule has 0 fully saturated rings. The van der Waals surface area contributed by atoms with Crippen molar-refractivity contribution < 1.29 is 13.9 Å².